The van der Waals surface area contributed by atoms with Crippen molar-refractivity contribution in [2.75, 3.05) is 5.32 Å². The zero-order valence-corrected chi connectivity index (χ0v) is 10.1. The van der Waals surface area contributed by atoms with Crippen LogP contribution < -0.4 is 5.32 Å². The van der Waals surface area contributed by atoms with E-state index in [4.69, 9.17) is 8.94 Å². The van der Waals surface area contributed by atoms with Crippen LogP contribution >= 0.6 is 0 Å². The third-order valence-electron chi connectivity index (χ3n) is 2.57. The third-order valence-corrected chi connectivity index (χ3v) is 2.57. The molecule has 102 valence electrons. The first-order valence-corrected chi connectivity index (χ1v) is 5.78. The van der Waals surface area contributed by atoms with Gasteiger partial charge >= 0.3 is 0 Å². The molecule has 0 aliphatic rings. The van der Waals surface area contributed by atoms with Crippen LogP contribution in [0.2, 0.25) is 0 Å². The van der Waals surface area contributed by atoms with Crippen molar-refractivity contribution >= 4 is 5.69 Å². The van der Waals surface area contributed by atoms with Gasteiger partial charge in [0.05, 0.1) is 18.5 Å². The first-order chi connectivity index (χ1) is 9.72. The summed E-state index contributed by atoms with van der Waals surface area (Å²) in [6, 6.07) is 6.53. The number of nitrogens with one attached hydrogen (secondary N) is 1. The van der Waals surface area contributed by atoms with E-state index in [9.17, 15) is 8.78 Å². The summed E-state index contributed by atoms with van der Waals surface area (Å²) in [6.07, 6.45) is 1.49. The highest BCUT2D eigenvalue weighted by Gasteiger charge is 2.11. The van der Waals surface area contributed by atoms with Gasteiger partial charge in [0, 0.05) is 0 Å². The second kappa shape index (κ2) is 5.12. The maximum absolute atomic E-state index is 13.4. The average Bonchev–Trinajstić information content (AvgIpc) is 3.09. The van der Waals surface area contributed by atoms with Crippen LogP contribution in [0.15, 0.2) is 45.5 Å². The molecular weight excluding hydrogens is 268 g/mol. The van der Waals surface area contributed by atoms with E-state index in [2.05, 4.69) is 15.5 Å². The zero-order chi connectivity index (χ0) is 13.9. The van der Waals surface area contributed by atoms with Crippen LogP contribution in [0.1, 0.15) is 5.89 Å². The molecule has 5 nitrogen and oxygen atoms in total. The summed E-state index contributed by atoms with van der Waals surface area (Å²) in [4.78, 5) is 4.07. The molecule has 2 heterocycles. The van der Waals surface area contributed by atoms with Gasteiger partial charge in [-0.3, -0.25) is 0 Å². The number of hydrogen-bond acceptors (Lipinski definition) is 5. The van der Waals surface area contributed by atoms with Crippen molar-refractivity contribution in [2.45, 2.75) is 6.54 Å². The number of furan rings is 1. The molecule has 0 aliphatic carbocycles. The number of hydrogen-bond donors (Lipinski definition) is 1. The fourth-order valence-electron chi connectivity index (χ4n) is 1.64. The highest BCUT2D eigenvalue weighted by molar-refractivity contribution is 5.46. The molecule has 0 saturated carbocycles. The summed E-state index contributed by atoms with van der Waals surface area (Å²) >= 11 is 0. The molecule has 7 heteroatoms. The molecule has 1 aromatic carbocycles. The Kier molecular flexibility index (Phi) is 3.16. The van der Waals surface area contributed by atoms with Crippen molar-refractivity contribution in [3.8, 4) is 11.6 Å². The van der Waals surface area contributed by atoms with Gasteiger partial charge in [0.2, 0.25) is 11.7 Å². The number of halogens is 2. The van der Waals surface area contributed by atoms with E-state index in [0.29, 0.717) is 11.6 Å². The molecule has 0 atom stereocenters. The van der Waals surface area contributed by atoms with E-state index in [0.717, 1.165) is 18.2 Å². The van der Waals surface area contributed by atoms with Crippen LogP contribution in [0, 0.1) is 11.6 Å². The Morgan fingerprint density at radius 3 is 2.90 bits per heavy atom. The van der Waals surface area contributed by atoms with Gasteiger partial charge < -0.3 is 14.3 Å². The quantitative estimate of drug-likeness (QED) is 0.793. The van der Waals surface area contributed by atoms with E-state index in [-0.39, 0.29) is 18.1 Å². The maximum Gasteiger partial charge on any atom is 0.246 e. The van der Waals surface area contributed by atoms with Crippen LogP contribution in [-0.4, -0.2) is 10.1 Å². The van der Waals surface area contributed by atoms with Gasteiger partial charge in [-0.25, -0.2) is 8.78 Å². The molecule has 1 N–H and O–H groups in total. The van der Waals surface area contributed by atoms with Crippen LogP contribution in [0.3, 0.4) is 0 Å². The van der Waals surface area contributed by atoms with Crippen LogP contribution in [0.25, 0.3) is 11.6 Å². The van der Waals surface area contributed by atoms with Crippen LogP contribution in [0.5, 0.6) is 0 Å². The minimum absolute atomic E-state index is 0.0303. The Hall–Kier alpha value is -2.70. The Morgan fingerprint density at radius 1 is 1.20 bits per heavy atom. The van der Waals surface area contributed by atoms with Crippen molar-refractivity contribution < 1.29 is 17.7 Å². The molecule has 3 rings (SSSR count). The first kappa shape index (κ1) is 12.3. The van der Waals surface area contributed by atoms with Crippen molar-refractivity contribution in [1.29, 1.82) is 0 Å². The third kappa shape index (κ3) is 2.51. The number of aromatic nitrogens is 2. The second-order valence-electron chi connectivity index (χ2n) is 3.97. The minimum Gasteiger partial charge on any atom is -0.461 e. The van der Waals surface area contributed by atoms with E-state index >= 15 is 0 Å². The molecule has 0 aliphatic heterocycles. The van der Waals surface area contributed by atoms with E-state index in [1.807, 2.05) is 0 Å². The van der Waals surface area contributed by atoms with Crippen LogP contribution in [-0.2, 0) is 6.54 Å². The predicted molar refractivity (Wildman–Crippen MR) is 65.7 cm³/mol. The molecule has 0 radical (unpaired) electrons. The summed E-state index contributed by atoms with van der Waals surface area (Å²) in [5, 5.41) is 6.41. The molecular formula is C13H9F2N3O2. The molecule has 3 aromatic rings. The maximum atomic E-state index is 13.4. The lowest BCUT2D eigenvalue weighted by Crippen LogP contribution is -2.02. The smallest absolute Gasteiger partial charge is 0.246 e. The molecule has 2 aromatic heterocycles. The largest absolute Gasteiger partial charge is 0.461 e. The van der Waals surface area contributed by atoms with E-state index < -0.39 is 11.6 Å². The topological polar surface area (TPSA) is 64.1 Å². The zero-order valence-electron chi connectivity index (χ0n) is 10.1. The van der Waals surface area contributed by atoms with Gasteiger partial charge in [0.15, 0.2) is 5.76 Å². The number of rotatable bonds is 4. The monoisotopic (exact) mass is 277 g/mol. The van der Waals surface area contributed by atoms with Gasteiger partial charge in [0.1, 0.15) is 11.6 Å². The van der Waals surface area contributed by atoms with Gasteiger partial charge in [-0.2, -0.15) is 4.98 Å². The molecule has 0 amide bonds. The fourth-order valence-corrected chi connectivity index (χ4v) is 1.64. The van der Waals surface area contributed by atoms with E-state index in [1.165, 1.54) is 6.26 Å². The molecule has 20 heavy (non-hydrogen) atoms. The Balaban J connectivity index is 1.71. The average molecular weight is 277 g/mol. The highest BCUT2D eigenvalue weighted by Crippen LogP contribution is 2.18. The van der Waals surface area contributed by atoms with Gasteiger partial charge in [-0.15, -0.1) is 0 Å². The standard InChI is InChI=1S/C13H9F2N3O2/c14-8-3-4-9(15)10(6-8)16-7-12-17-13(18-20-12)11-2-1-5-19-11/h1-6,16H,7H2. The summed E-state index contributed by atoms with van der Waals surface area (Å²) in [5.74, 6) is -0.0867. The Morgan fingerprint density at radius 2 is 2.10 bits per heavy atom. The normalized spacial score (nSPS) is 10.7. The molecule has 0 unspecified atom stereocenters. The lowest BCUT2D eigenvalue weighted by atomic mass is 10.3. The highest BCUT2D eigenvalue weighted by atomic mass is 19.1. The molecule has 0 saturated heterocycles. The Bertz CT molecular complexity index is 710. The summed E-state index contributed by atoms with van der Waals surface area (Å²) in [7, 11) is 0. The number of benzene rings is 1. The van der Waals surface area contributed by atoms with E-state index in [1.54, 1.807) is 12.1 Å². The molecule has 0 spiro atoms. The van der Waals surface area contributed by atoms with Gasteiger partial charge in [-0.1, -0.05) is 5.16 Å². The lowest BCUT2D eigenvalue weighted by Gasteiger charge is -2.04. The number of nitrogens with zero attached hydrogens (tertiary/aromatic N) is 2. The predicted octanol–water partition coefficient (Wildman–Crippen LogP) is 3.22. The van der Waals surface area contributed by atoms with Crippen molar-refractivity contribution in [2.24, 2.45) is 0 Å². The molecule has 0 fully saturated rings. The first-order valence-electron chi connectivity index (χ1n) is 5.78. The lowest BCUT2D eigenvalue weighted by molar-refractivity contribution is 0.382. The summed E-state index contributed by atoms with van der Waals surface area (Å²) in [5.41, 5.74) is 0.0303. The van der Waals surface area contributed by atoms with Crippen molar-refractivity contribution in [1.82, 2.24) is 10.1 Å². The minimum atomic E-state index is -0.558. The Labute approximate surface area is 112 Å². The van der Waals surface area contributed by atoms with Crippen molar-refractivity contribution in [3.63, 3.8) is 0 Å². The summed E-state index contributed by atoms with van der Waals surface area (Å²) in [6.45, 7) is 0.0775. The fraction of sp³-hybridized carbons (Fsp3) is 0.0769. The SMILES string of the molecule is Fc1ccc(F)c(NCc2nc(-c3ccco3)no2)c1. The second-order valence-corrected chi connectivity index (χ2v) is 3.97. The number of anilines is 1. The van der Waals surface area contributed by atoms with Crippen molar-refractivity contribution in [3.05, 3.63) is 54.1 Å². The van der Waals surface area contributed by atoms with Gasteiger partial charge in [-0.05, 0) is 30.3 Å². The van der Waals surface area contributed by atoms with Crippen LogP contribution in [0.4, 0.5) is 14.5 Å². The summed E-state index contributed by atoms with van der Waals surface area (Å²) < 4.78 is 36.5. The van der Waals surface area contributed by atoms with Gasteiger partial charge in [0.25, 0.3) is 0 Å². The molecule has 0 bridgehead atoms.